The first-order chi connectivity index (χ1) is 31.8. The summed E-state index contributed by atoms with van der Waals surface area (Å²) >= 11 is 0. The lowest BCUT2D eigenvalue weighted by atomic mass is 9.74. The van der Waals surface area contributed by atoms with Crippen molar-refractivity contribution in [1.82, 2.24) is 40.0 Å². The van der Waals surface area contributed by atoms with Crippen LogP contribution < -0.4 is 21.1 Å². The van der Waals surface area contributed by atoms with Gasteiger partial charge in [0.25, 0.3) is 18.2 Å². The molecule has 1 spiro atoms. The summed E-state index contributed by atoms with van der Waals surface area (Å²) < 4.78 is 39.2. The number of fused-ring (bicyclic) bond motifs is 5. The van der Waals surface area contributed by atoms with Gasteiger partial charge in [-0.2, -0.15) is 5.10 Å². The molecular formula is C48H57F2N10O6+. The van der Waals surface area contributed by atoms with E-state index in [2.05, 4.69) is 20.6 Å². The Bertz CT molecular complexity index is 2590. The van der Waals surface area contributed by atoms with E-state index in [1.54, 1.807) is 46.9 Å². The lowest BCUT2D eigenvalue weighted by Crippen LogP contribution is -2.52. The van der Waals surface area contributed by atoms with Crippen molar-refractivity contribution in [2.75, 3.05) is 59.0 Å². The van der Waals surface area contributed by atoms with Gasteiger partial charge in [-0.15, -0.1) is 0 Å². The summed E-state index contributed by atoms with van der Waals surface area (Å²) in [5.74, 6) is 0.262. The number of benzene rings is 2. The highest BCUT2D eigenvalue weighted by Crippen LogP contribution is 2.50. The maximum Gasteiger partial charge on any atom is 0.279 e. The lowest BCUT2D eigenvalue weighted by molar-refractivity contribution is -0.447. The van der Waals surface area contributed by atoms with Crippen molar-refractivity contribution < 1.29 is 42.1 Å². The summed E-state index contributed by atoms with van der Waals surface area (Å²) in [5.41, 5.74) is 13.6. The van der Waals surface area contributed by atoms with Gasteiger partial charge in [0.2, 0.25) is 23.6 Å². The Morgan fingerprint density at radius 2 is 1.79 bits per heavy atom. The number of aryl methyl sites for hydroxylation is 2. The average molecular weight is 908 g/mol. The number of carbonyl (C=O) groups excluding carboxylic acids is 5. The van der Waals surface area contributed by atoms with E-state index in [1.807, 2.05) is 27.7 Å². The molecule has 10 rings (SSSR count). The number of nitrogens with two attached hydrogens (primary N) is 1. The molecule has 16 nitrogen and oxygen atoms in total. The van der Waals surface area contributed by atoms with Crippen LogP contribution in [0.4, 0.5) is 14.5 Å². The first kappa shape index (κ1) is 43.7. The molecule has 0 unspecified atom stereocenters. The number of rotatable bonds is 8. The highest BCUT2D eigenvalue weighted by molar-refractivity contribution is 6.06. The molecule has 66 heavy (non-hydrogen) atoms. The second-order valence-corrected chi connectivity index (χ2v) is 19.1. The number of imide groups is 1. The van der Waals surface area contributed by atoms with E-state index in [1.165, 1.54) is 0 Å². The second-order valence-electron chi connectivity index (χ2n) is 19.1. The Kier molecular flexibility index (Phi) is 11.4. The van der Waals surface area contributed by atoms with Crippen molar-refractivity contribution >= 4 is 41.1 Å². The molecule has 3 fully saturated rings. The third-order valence-electron chi connectivity index (χ3n) is 15.1. The minimum absolute atomic E-state index is 0.0578. The van der Waals surface area contributed by atoms with Gasteiger partial charge in [-0.25, -0.2) is 13.4 Å². The standard InChI is InChI=1S/C48H56F2N10O6/c1-28(61)58-17-11-38(36(24-58)45(51)59-14-3-4-29-20-33(30-22-52-55(2)23-30)34(44(49)50)21-40(29)59)53-31-9-15-57(16-10-31)42(63)26-56-18-12-48(13-19-56)27-66-43-35-25-60(39-7-8-41(62)54-46(39)64)47(65)32(35)5-6-37(43)48/h5-6,20-23,31,39,44H,3-4,7-19,24-27H2,1-2H3,(H3,51,53,54,62,64)/p+1/t39-/m0/s1. The van der Waals surface area contributed by atoms with Crippen molar-refractivity contribution in [3.63, 3.8) is 0 Å². The fourth-order valence-electron chi connectivity index (χ4n) is 11.3. The molecule has 3 aromatic rings. The van der Waals surface area contributed by atoms with Crippen molar-refractivity contribution in [2.24, 2.45) is 12.8 Å². The maximum atomic E-state index is 14.6. The number of ether oxygens (including phenoxy) is 1. The number of hydrogen-bond acceptors (Lipinski definition) is 9. The van der Waals surface area contributed by atoms with Crippen molar-refractivity contribution in [3.05, 3.63) is 75.7 Å². The third-order valence-corrected chi connectivity index (χ3v) is 15.1. The summed E-state index contributed by atoms with van der Waals surface area (Å²) in [7, 11) is 1.76. The fraction of sp³-hybridized carbons (Fsp3) is 0.521. The predicted octanol–water partition coefficient (Wildman–Crippen LogP) is 3.25. The molecule has 7 aliphatic rings. The van der Waals surface area contributed by atoms with E-state index >= 15 is 0 Å². The minimum Gasteiger partial charge on any atom is -0.492 e. The zero-order chi connectivity index (χ0) is 46.0. The van der Waals surface area contributed by atoms with Crippen LogP contribution in [0.3, 0.4) is 0 Å². The summed E-state index contributed by atoms with van der Waals surface area (Å²) in [4.78, 5) is 71.7. The fourth-order valence-corrected chi connectivity index (χ4v) is 11.3. The van der Waals surface area contributed by atoms with E-state index in [9.17, 15) is 32.8 Å². The van der Waals surface area contributed by atoms with Crippen molar-refractivity contribution in [3.8, 4) is 16.9 Å². The Morgan fingerprint density at radius 1 is 1.00 bits per heavy atom. The van der Waals surface area contributed by atoms with Crippen LogP contribution in [0.5, 0.6) is 5.75 Å². The van der Waals surface area contributed by atoms with Crippen LogP contribution in [0.1, 0.15) is 97.3 Å². The van der Waals surface area contributed by atoms with E-state index in [0.717, 1.165) is 85.3 Å². The van der Waals surface area contributed by atoms with Gasteiger partial charge in [-0.3, -0.25) is 44.6 Å². The molecule has 5 amide bonds. The predicted molar refractivity (Wildman–Crippen MR) is 238 cm³/mol. The third kappa shape index (κ3) is 7.89. The van der Waals surface area contributed by atoms with Gasteiger partial charge in [0.15, 0.2) is 0 Å². The van der Waals surface area contributed by atoms with Crippen LogP contribution in [0.25, 0.3) is 11.1 Å². The van der Waals surface area contributed by atoms with E-state index < -0.39 is 18.4 Å². The largest absolute Gasteiger partial charge is 0.492 e. The van der Waals surface area contributed by atoms with Crippen LogP contribution in [-0.2, 0) is 44.6 Å². The smallest absolute Gasteiger partial charge is 0.279 e. The van der Waals surface area contributed by atoms with Gasteiger partial charge in [-0.1, -0.05) is 6.07 Å². The number of amidine groups is 1. The first-order valence-corrected chi connectivity index (χ1v) is 23.3. The average Bonchev–Trinajstić information content (AvgIpc) is 4.01. The lowest BCUT2D eigenvalue weighted by Gasteiger charge is -2.40. The highest BCUT2D eigenvalue weighted by atomic mass is 19.3. The van der Waals surface area contributed by atoms with Crippen molar-refractivity contribution in [2.45, 2.75) is 95.2 Å². The molecule has 348 valence electrons. The molecule has 1 aromatic heterocycles. The van der Waals surface area contributed by atoms with Crippen LogP contribution in [0.15, 0.2) is 47.9 Å². The monoisotopic (exact) mass is 907 g/mol. The number of piperidine rings is 3. The summed E-state index contributed by atoms with van der Waals surface area (Å²) in [6.07, 6.45) is 6.33. The summed E-state index contributed by atoms with van der Waals surface area (Å²) in [6.45, 7) is 6.71. The number of amides is 5. The zero-order valence-electron chi connectivity index (χ0n) is 37.5. The molecule has 7 aliphatic heterocycles. The molecule has 8 heterocycles. The second kappa shape index (κ2) is 17.2. The molecule has 4 N–H and O–H groups in total. The summed E-state index contributed by atoms with van der Waals surface area (Å²) in [5, 5.41) is 10.3. The molecule has 0 radical (unpaired) electrons. The molecule has 1 atom stereocenters. The SMILES string of the molecule is CC(=O)N1CCC(NC2CCN(C(=O)CN3CCC4(CC3)COc3c4ccc4c3CN([C@H]3CCC(=O)NC3=O)C4=O)CC2)=C(C(N)=[N+]2CCCc3cc(-c4cnn(C)c4)c(C(F)F)cc32)C1. The van der Waals surface area contributed by atoms with Gasteiger partial charge in [-0.05, 0) is 87.4 Å². The number of nitrogens with one attached hydrogen (secondary N) is 2. The molecular weight excluding hydrogens is 851 g/mol. The minimum atomic E-state index is -2.70. The molecule has 2 aromatic carbocycles. The first-order valence-electron chi connectivity index (χ1n) is 23.3. The maximum absolute atomic E-state index is 14.6. The van der Waals surface area contributed by atoms with Gasteiger partial charge >= 0.3 is 0 Å². The van der Waals surface area contributed by atoms with Crippen LogP contribution in [0.2, 0.25) is 0 Å². The van der Waals surface area contributed by atoms with E-state index in [4.69, 9.17) is 10.5 Å². The molecule has 18 heteroatoms. The van der Waals surface area contributed by atoms with Gasteiger partial charge < -0.3 is 24.8 Å². The zero-order valence-corrected chi connectivity index (χ0v) is 37.5. The van der Waals surface area contributed by atoms with E-state index in [-0.39, 0.29) is 53.6 Å². The Hall–Kier alpha value is -6.17. The number of aromatic nitrogens is 2. The Balaban J connectivity index is 0.779. The molecule has 0 aliphatic carbocycles. The van der Waals surface area contributed by atoms with Gasteiger partial charge in [0, 0.05) is 97.6 Å². The number of alkyl halides is 2. The van der Waals surface area contributed by atoms with Gasteiger partial charge in [0.1, 0.15) is 17.5 Å². The van der Waals surface area contributed by atoms with Crippen LogP contribution >= 0.6 is 0 Å². The van der Waals surface area contributed by atoms with Crippen LogP contribution in [-0.4, -0.2) is 140 Å². The number of hydrogen-bond donors (Lipinski definition) is 3. The highest BCUT2D eigenvalue weighted by Gasteiger charge is 2.48. The Morgan fingerprint density at radius 3 is 2.50 bits per heavy atom. The summed E-state index contributed by atoms with van der Waals surface area (Å²) in [6, 6.07) is 6.67. The molecule has 3 saturated heterocycles. The normalized spacial score (nSPS) is 23.0. The number of nitrogens with zero attached hydrogens (tertiary/aromatic N) is 7. The quantitative estimate of drug-likeness (QED) is 0.173. The number of likely N-dealkylation sites (tertiary alicyclic amines) is 2. The van der Waals surface area contributed by atoms with E-state index in [0.29, 0.717) is 86.9 Å². The Labute approximate surface area is 381 Å². The van der Waals surface area contributed by atoms with Crippen molar-refractivity contribution in [1.29, 1.82) is 0 Å². The molecule has 0 saturated carbocycles. The topological polar surface area (TPSA) is 178 Å². The molecule has 0 bridgehead atoms. The van der Waals surface area contributed by atoms with Gasteiger partial charge in [0.05, 0.1) is 44.6 Å². The number of carbonyl (C=O) groups is 5. The van der Waals surface area contributed by atoms with Crippen LogP contribution in [0, 0.1) is 0 Å². The number of halogens is 2.